The Labute approximate surface area is 102 Å². The number of nitrogens with zero attached hydrogens (tertiary/aromatic N) is 3. The molecule has 5 heteroatoms. The van der Waals surface area contributed by atoms with Crippen LogP contribution in [0.3, 0.4) is 0 Å². The summed E-state index contributed by atoms with van der Waals surface area (Å²) in [6, 6.07) is 0. The molecule has 0 amide bonds. The van der Waals surface area contributed by atoms with Crippen molar-refractivity contribution in [3.8, 4) is 0 Å². The van der Waals surface area contributed by atoms with Crippen LogP contribution in [-0.2, 0) is 15.1 Å². The molecule has 1 atom stereocenters. The zero-order valence-corrected chi connectivity index (χ0v) is 10.8. The Morgan fingerprint density at radius 2 is 2.18 bits per heavy atom. The van der Waals surface area contributed by atoms with Gasteiger partial charge < -0.3 is 4.74 Å². The van der Waals surface area contributed by atoms with Crippen molar-refractivity contribution >= 4 is 5.97 Å². The van der Waals surface area contributed by atoms with Crippen LogP contribution in [0, 0.1) is 0 Å². The average molecular weight is 237 g/mol. The van der Waals surface area contributed by atoms with Crippen LogP contribution in [0.4, 0.5) is 0 Å². The molecule has 0 bridgehead atoms. The van der Waals surface area contributed by atoms with Crippen molar-refractivity contribution in [2.45, 2.75) is 25.8 Å². The molecule has 17 heavy (non-hydrogen) atoms. The van der Waals surface area contributed by atoms with E-state index in [9.17, 15) is 4.79 Å². The molecule has 0 spiro atoms. The van der Waals surface area contributed by atoms with Crippen molar-refractivity contribution in [2.75, 3.05) is 20.7 Å². The monoisotopic (exact) mass is 237 g/mol. The highest BCUT2D eigenvalue weighted by molar-refractivity contribution is 5.71. The summed E-state index contributed by atoms with van der Waals surface area (Å²) in [5, 5.41) is 0. The van der Waals surface area contributed by atoms with Crippen molar-refractivity contribution in [3.63, 3.8) is 0 Å². The molecule has 1 unspecified atom stereocenters. The molecule has 0 aliphatic rings. The normalized spacial score (nSPS) is 14.4. The molecule has 1 heterocycles. The van der Waals surface area contributed by atoms with E-state index in [1.54, 1.807) is 25.5 Å². The molecular weight excluding hydrogens is 218 g/mol. The fourth-order valence-corrected chi connectivity index (χ4v) is 1.55. The highest BCUT2D eigenvalue weighted by atomic mass is 16.5. The molecule has 0 aliphatic carbocycles. The van der Waals surface area contributed by atoms with Gasteiger partial charge in [-0.3, -0.25) is 19.7 Å². The highest BCUT2D eigenvalue weighted by Gasteiger charge is 2.34. The summed E-state index contributed by atoms with van der Waals surface area (Å²) in [5.41, 5.74) is 0.263. The SMILES string of the molecule is CCOC(=O)CC(C)(c1cnccn1)N(C)C. The molecule has 0 N–H and O–H groups in total. The maximum atomic E-state index is 11.6. The Bertz CT molecular complexity index is 367. The average Bonchev–Trinajstić information content (AvgIpc) is 2.30. The van der Waals surface area contributed by atoms with E-state index in [4.69, 9.17) is 4.74 Å². The van der Waals surface area contributed by atoms with E-state index < -0.39 is 5.54 Å². The second kappa shape index (κ2) is 5.72. The van der Waals surface area contributed by atoms with Gasteiger partial charge in [-0.25, -0.2) is 0 Å². The third-order valence-corrected chi connectivity index (χ3v) is 2.90. The van der Waals surface area contributed by atoms with Crippen LogP contribution < -0.4 is 0 Å². The van der Waals surface area contributed by atoms with Crippen molar-refractivity contribution in [3.05, 3.63) is 24.3 Å². The van der Waals surface area contributed by atoms with Gasteiger partial charge in [0.25, 0.3) is 0 Å². The zero-order valence-electron chi connectivity index (χ0n) is 10.8. The maximum absolute atomic E-state index is 11.6. The molecule has 94 valence electrons. The van der Waals surface area contributed by atoms with Gasteiger partial charge in [0.15, 0.2) is 0 Å². The number of carbonyl (C=O) groups is 1. The Morgan fingerprint density at radius 1 is 1.47 bits per heavy atom. The van der Waals surface area contributed by atoms with Crippen molar-refractivity contribution < 1.29 is 9.53 Å². The molecule has 1 aromatic heterocycles. The van der Waals surface area contributed by atoms with E-state index in [0.717, 1.165) is 5.69 Å². The summed E-state index contributed by atoms with van der Waals surface area (Å²) >= 11 is 0. The van der Waals surface area contributed by atoms with Crippen LogP contribution in [-0.4, -0.2) is 41.5 Å². The topological polar surface area (TPSA) is 55.3 Å². The quantitative estimate of drug-likeness (QED) is 0.720. The van der Waals surface area contributed by atoms with Crippen molar-refractivity contribution in [1.29, 1.82) is 0 Å². The van der Waals surface area contributed by atoms with Gasteiger partial charge in [0.1, 0.15) is 0 Å². The van der Waals surface area contributed by atoms with Gasteiger partial charge in [0.05, 0.1) is 30.5 Å². The minimum Gasteiger partial charge on any atom is -0.466 e. The van der Waals surface area contributed by atoms with E-state index in [2.05, 4.69) is 9.97 Å². The third-order valence-electron chi connectivity index (χ3n) is 2.90. The molecule has 0 radical (unpaired) electrons. The lowest BCUT2D eigenvalue weighted by Crippen LogP contribution is -2.41. The maximum Gasteiger partial charge on any atom is 0.308 e. The second-order valence-corrected chi connectivity index (χ2v) is 4.24. The predicted molar refractivity (Wildman–Crippen MR) is 64.3 cm³/mol. The zero-order chi connectivity index (χ0) is 12.9. The predicted octanol–water partition coefficient (Wildman–Crippen LogP) is 1.21. The lowest BCUT2D eigenvalue weighted by Gasteiger charge is -2.34. The molecule has 0 saturated carbocycles. The lowest BCUT2D eigenvalue weighted by atomic mass is 9.92. The summed E-state index contributed by atoms with van der Waals surface area (Å²) in [7, 11) is 3.82. The van der Waals surface area contributed by atoms with Gasteiger partial charge in [-0.05, 0) is 27.9 Å². The fraction of sp³-hybridized carbons (Fsp3) is 0.583. The van der Waals surface area contributed by atoms with Crippen molar-refractivity contribution in [1.82, 2.24) is 14.9 Å². The number of aromatic nitrogens is 2. The van der Waals surface area contributed by atoms with Crippen LogP contribution in [0.2, 0.25) is 0 Å². The van der Waals surface area contributed by atoms with Crippen LogP contribution >= 0.6 is 0 Å². The minimum absolute atomic E-state index is 0.227. The molecule has 0 aromatic carbocycles. The van der Waals surface area contributed by atoms with Gasteiger partial charge >= 0.3 is 5.97 Å². The van der Waals surface area contributed by atoms with E-state index in [-0.39, 0.29) is 12.4 Å². The van der Waals surface area contributed by atoms with E-state index in [1.165, 1.54) is 0 Å². The molecule has 0 saturated heterocycles. The smallest absolute Gasteiger partial charge is 0.308 e. The minimum atomic E-state index is -0.499. The molecular formula is C12H19N3O2. The van der Waals surface area contributed by atoms with E-state index in [0.29, 0.717) is 6.61 Å². The Hall–Kier alpha value is -1.49. The Morgan fingerprint density at radius 3 is 2.65 bits per heavy atom. The Balaban J connectivity index is 2.94. The number of hydrogen-bond acceptors (Lipinski definition) is 5. The lowest BCUT2D eigenvalue weighted by molar-refractivity contribution is -0.146. The number of hydrogen-bond donors (Lipinski definition) is 0. The van der Waals surface area contributed by atoms with Crippen LogP contribution in [0.25, 0.3) is 0 Å². The first-order valence-electron chi connectivity index (χ1n) is 5.60. The second-order valence-electron chi connectivity index (χ2n) is 4.24. The fourth-order valence-electron chi connectivity index (χ4n) is 1.55. The molecule has 5 nitrogen and oxygen atoms in total. The summed E-state index contributed by atoms with van der Waals surface area (Å²) in [4.78, 5) is 21.9. The highest BCUT2D eigenvalue weighted by Crippen LogP contribution is 2.28. The number of ether oxygens (including phenoxy) is 1. The summed E-state index contributed by atoms with van der Waals surface area (Å²) in [6.45, 7) is 4.14. The molecule has 1 rings (SSSR count). The number of esters is 1. The van der Waals surface area contributed by atoms with Gasteiger partial charge in [-0.2, -0.15) is 0 Å². The largest absolute Gasteiger partial charge is 0.466 e. The van der Waals surface area contributed by atoms with Crippen LogP contribution in [0.15, 0.2) is 18.6 Å². The first kappa shape index (κ1) is 13.6. The summed E-state index contributed by atoms with van der Waals surface area (Å²) in [5.74, 6) is -0.227. The Kier molecular flexibility index (Phi) is 4.57. The third kappa shape index (κ3) is 3.23. The molecule has 0 fully saturated rings. The summed E-state index contributed by atoms with van der Waals surface area (Å²) in [6.07, 6.45) is 5.18. The van der Waals surface area contributed by atoms with Crippen molar-refractivity contribution in [2.24, 2.45) is 0 Å². The molecule has 0 aliphatic heterocycles. The van der Waals surface area contributed by atoms with Crippen LogP contribution in [0.5, 0.6) is 0 Å². The van der Waals surface area contributed by atoms with Crippen LogP contribution in [0.1, 0.15) is 26.0 Å². The number of carbonyl (C=O) groups excluding carboxylic acids is 1. The standard InChI is InChI=1S/C12H19N3O2/c1-5-17-11(16)8-12(2,15(3)4)10-9-13-6-7-14-10/h6-7,9H,5,8H2,1-4H3. The first-order valence-corrected chi connectivity index (χ1v) is 5.60. The van der Waals surface area contributed by atoms with E-state index >= 15 is 0 Å². The molecule has 1 aromatic rings. The van der Waals surface area contributed by atoms with Gasteiger partial charge in [-0.15, -0.1) is 0 Å². The van der Waals surface area contributed by atoms with Gasteiger partial charge in [-0.1, -0.05) is 0 Å². The first-order chi connectivity index (χ1) is 8.00. The van der Waals surface area contributed by atoms with Gasteiger partial charge in [0.2, 0.25) is 0 Å². The van der Waals surface area contributed by atoms with Gasteiger partial charge in [0, 0.05) is 12.4 Å². The summed E-state index contributed by atoms with van der Waals surface area (Å²) < 4.78 is 5.00. The van der Waals surface area contributed by atoms with E-state index in [1.807, 2.05) is 25.9 Å². The number of rotatable bonds is 5.